The number of aliphatic carboxylic acids is 1. The van der Waals surface area contributed by atoms with Crippen LogP contribution in [0.5, 0.6) is 0 Å². The zero-order valence-electron chi connectivity index (χ0n) is 9.59. The van der Waals surface area contributed by atoms with E-state index in [1.807, 2.05) is 36.4 Å². The molecule has 0 radical (unpaired) electrons. The van der Waals surface area contributed by atoms with Crippen LogP contribution in [0.3, 0.4) is 0 Å². The summed E-state index contributed by atoms with van der Waals surface area (Å²) in [6.07, 6.45) is 3.84. The smallest absolute Gasteiger partial charge is 0.326 e. The molecule has 17 heavy (non-hydrogen) atoms. The Bertz CT molecular complexity index is 412. The number of nitrogens with one attached hydrogen (secondary N) is 1. The fourth-order valence-corrected chi connectivity index (χ4v) is 1.37. The molecular weight excluding hydrogens is 218 g/mol. The van der Waals surface area contributed by atoms with Crippen LogP contribution in [0.25, 0.3) is 6.08 Å². The number of rotatable bonds is 5. The molecule has 1 amide bonds. The fraction of sp³-hybridized carbons (Fsp3) is 0.231. The van der Waals surface area contributed by atoms with Gasteiger partial charge < -0.3 is 10.4 Å². The summed E-state index contributed by atoms with van der Waals surface area (Å²) in [5.41, 5.74) is 1.000. The molecule has 0 aromatic heterocycles. The van der Waals surface area contributed by atoms with Crippen molar-refractivity contribution >= 4 is 18.0 Å². The van der Waals surface area contributed by atoms with Gasteiger partial charge in [0, 0.05) is 6.92 Å². The number of carbonyl (C=O) groups excluding carboxylic acids is 1. The van der Waals surface area contributed by atoms with E-state index in [0.29, 0.717) is 0 Å². The molecule has 2 N–H and O–H groups in total. The molecule has 4 nitrogen and oxygen atoms in total. The number of carbonyl (C=O) groups is 2. The first-order valence-electron chi connectivity index (χ1n) is 5.31. The largest absolute Gasteiger partial charge is 0.480 e. The molecule has 0 saturated heterocycles. The van der Waals surface area contributed by atoms with Crippen molar-refractivity contribution in [1.29, 1.82) is 0 Å². The molecule has 0 bridgehead atoms. The van der Waals surface area contributed by atoms with E-state index >= 15 is 0 Å². The minimum atomic E-state index is -1.03. The number of carboxylic acid groups (broad SMARTS) is 1. The highest BCUT2D eigenvalue weighted by Crippen LogP contribution is 2.03. The summed E-state index contributed by atoms with van der Waals surface area (Å²) in [5.74, 6) is -1.37. The number of amides is 1. The quantitative estimate of drug-likeness (QED) is 0.813. The van der Waals surface area contributed by atoms with Gasteiger partial charge in [0.1, 0.15) is 6.04 Å². The first-order chi connectivity index (χ1) is 8.09. The Balaban J connectivity index is 2.55. The Morgan fingerprint density at radius 3 is 2.53 bits per heavy atom. The van der Waals surface area contributed by atoms with Gasteiger partial charge in [-0.3, -0.25) is 4.79 Å². The van der Waals surface area contributed by atoms with Crippen molar-refractivity contribution in [3.63, 3.8) is 0 Å². The van der Waals surface area contributed by atoms with Crippen LogP contribution in [-0.4, -0.2) is 23.0 Å². The van der Waals surface area contributed by atoms with Crippen LogP contribution in [0.4, 0.5) is 0 Å². The minimum absolute atomic E-state index is 0.268. The van der Waals surface area contributed by atoms with Crippen LogP contribution in [0.1, 0.15) is 18.9 Å². The van der Waals surface area contributed by atoms with Crippen LogP contribution in [-0.2, 0) is 9.59 Å². The predicted octanol–water partition coefficient (Wildman–Crippen LogP) is 1.68. The molecule has 90 valence electrons. The van der Waals surface area contributed by atoms with Crippen molar-refractivity contribution < 1.29 is 14.7 Å². The molecule has 1 unspecified atom stereocenters. The van der Waals surface area contributed by atoms with Crippen LogP contribution in [0, 0.1) is 0 Å². The molecule has 4 heteroatoms. The van der Waals surface area contributed by atoms with Crippen molar-refractivity contribution in [2.24, 2.45) is 0 Å². The SMILES string of the molecule is CC(=O)NC(C/C=C/c1ccccc1)C(=O)O. The Morgan fingerprint density at radius 1 is 1.35 bits per heavy atom. The Morgan fingerprint density at radius 2 is 2.00 bits per heavy atom. The molecule has 1 aromatic rings. The molecule has 0 spiro atoms. The lowest BCUT2D eigenvalue weighted by Gasteiger charge is -2.10. The van der Waals surface area contributed by atoms with Gasteiger partial charge in [0.05, 0.1) is 0 Å². The molecule has 0 heterocycles. The number of hydrogen-bond acceptors (Lipinski definition) is 2. The zero-order valence-corrected chi connectivity index (χ0v) is 9.59. The van der Waals surface area contributed by atoms with Crippen LogP contribution in [0.2, 0.25) is 0 Å². The molecule has 1 atom stereocenters. The summed E-state index contributed by atoms with van der Waals surface area (Å²) in [6.45, 7) is 1.30. The standard InChI is InChI=1S/C13H15NO3/c1-10(15)14-12(13(16)17)9-5-8-11-6-3-2-4-7-11/h2-8,12H,9H2,1H3,(H,14,15)(H,16,17)/b8-5+. The van der Waals surface area contributed by atoms with E-state index in [0.717, 1.165) is 5.56 Å². The molecule has 1 aromatic carbocycles. The summed E-state index contributed by atoms with van der Waals surface area (Å²) in [7, 11) is 0. The van der Waals surface area contributed by atoms with Gasteiger partial charge >= 0.3 is 5.97 Å². The average molecular weight is 233 g/mol. The lowest BCUT2D eigenvalue weighted by molar-refractivity contribution is -0.141. The molecule has 0 aliphatic carbocycles. The highest BCUT2D eigenvalue weighted by molar-refractivity contribution is 5.82. The first-order valence-corrected chi connectivity index (χ1v) is 5.31. The summed E-state index contributed by atoms with van der Waals surface area (Å²) < 4.78 is 0. The Kier molecular flexibility index (Phi) is 4.94. The second-order valence-electron chi connectivity index (χ2n) is 3.64. The van der Waals surface area contributed by atoms with Gasteiger partial charge in [-0.1, -0.05) is 42.5 Å². The maximum atomic E-state index is 10.8. The zero-order chi connectivity index (χ0) is 12.7. The normalized spacial score (nSPS) is 12.3. The molecule has 0 saturated carbocycles. The monoisotopic (exact) mass is 233 g/mol. The number of benzene rings is 1. The van der Waals surface area contributed by atoms with Gasteiger partial charge in [-0.2, -0.15) is 0 Å². The van der Waals surface area contributed by atoms with Gasteiger partial charge in [0.15, 0.2) is 0 Å². The van der Waals surface area contributed by atoms with Crippen LogP contribution in [0.15, 0.2) is 36.4 Å². The topological polar surface area (TPSA) is 66.4 Å². The van der Waals surface area contributed by atoms with Crippen molar-refractivity contribution in [1.82, 2.24) is 5.32 Å². The van der Waals surface area contributed by atoms with E-state index < -0.39 is 12.0 Å². The molecular formula is C13H15NO3. The highest BCUT2D eigenvalue weighted by Gasteiger charge is 2.15. The van der Waals surface area contributed by atoms with Crippen molar-refractivity contribution in [2.45, 2.75) is 19.4 Å². The lowest BCUT2D eigenvalue weighted by atomic mass is 10.1. The van der Waals surface area contributed by atoms with Crippen LogP contribution < -0.4 is 5.32 Å². The third-order valence-electron chi connectivity index (χ3n) is 2.16. The van der Waals surface area contributed by atoms with Gasteiger partial charge in [-0.05, 0) is 12.0 Å². The molecule has 0 fully saturated rings. The minimum Gasteiger partial charge on any atom is -0.480 e. The lowest BCUT2D eigenvalue weighted by Crippen LogP contribution is -2.39. The maximum absolute atomic E-state index is 10.8. The summed E-state index contributed by atoms with van der Waals surface area (Å²) >= 11 is 0. The van der Waals surface area contributed by atoms with Crippen molar-refractivity contribution in [3.05, 3.63) is 42.0 Å². The third-order valence-corrected chi connectivity index (χ3v) is 2.16. The first kappa shape index (κ1) is 13.0. The third kappa shape index (κ3) is 4.97. The van der Waals surface area contributed by atoms with Gasteiger partial charge in [0.25, 0.3) is 0 Å². The van der Waals surface area contributed by atoms with E-state index in [1.165, 1.54) is 6.92 Å². The van der Waals surface area contributed by atoms with E-state index in [1.54, 1.807) is 6.08 Å². The molecule has 1 rings (SSSR count). The van der Waals surface area contributed by atoms with Gasteiger partial charge in [0.2, 0.25) is 5.91 Å². The van der Waals surface area contributed by atoms with Crippen molar-refractivity contribution in [2.75, 3.05) is 0 Å². The maximum Gasteiger partial charge on any atom is 0.326 e. The second-order valence-corrected chi connectivity index (χ2v) is 3.64. The van der Waals surface area contributed by atoms with E-state index in [9.17, 15) is 9.59 Å². The van der Waals surface area contributed by atoms with Crippen molar-refractivity contribution in [3.8, 4) is 0 Å². The summed E-state index contributed by atoms with van der Waals surface area (Å²) in [6, 6.07) is 8.70. The highest BCUT2D eigenvalue weighted by atomic mass is 16.4. The van der Waals surface area contributed by atoms with Gasteiger partial charge in [-0.25, -0.2) is 4.79 Å². The predicted molar refractivity (Wildman–Crippen MR) is 65.3 cm³/mol. The molecule has 0 aliphatic heterocycles. The van der Waals surface area contributed by atoms with E-state index in [4.69, 9.17) is 5.11 Å². The average Bonchev–Trinajstić information content (AvgIpc) is 2.28. The summed E-state index contributed by atoms with van der Waals surface area (Å²) in [5, 5.41) is 11.2. The Labute approximate surface area is 100.0 Å². The van der Waals surface area contributed by atoms with E-state index in [2.05, 4.69) is 5.32 Å². The number of carboxylic acids is 1. The van der Waals surface area contributed by atoms with Crippen LogP contribution >= 0.6 is 0 Å². The summed E-state index contributed by atoms with van der Waals surface area (Å²) in [4.78, 5) is 21.6. The second kappa shape index (κ2) is 6.48. The Hall–Kier alpha value is -2.10. The van der Waals surface area contributed by atoms with Gasteiger partial charge in [-0.15, -0.1) is 0 Å². The van der Waals surface area contributed by atoms with E-state index in [-0.39, 0.29) is 12.3 Å². The number of hydrogen-bond donors (Lipinski definition) is 2. The molecule has 0 aliphatic rings. The fourth-order valence-electron chi connectivity index (χ4n) is 1.37.